The lowest BCUT2D eigenvalue weighted by atomic mass is 10.3. The number of fused-ring (bicyclic) bond motifs is 1. The second-order valence-electron chi connectivity index (χ2n) is 4.27. The summed E-state index contributed by atoms with van der Waals surface area (Å²) in [5.41, 5.74) is 2.04. The van der Waals surface area contributed by atoms with E-state index in [1.807, 2.05) is 24.6 Å². The van der Waals surface area contributed by atoms with Crippen molar-refractivity contribution in [3.8, 4) is 5.75 Å². The molecule has 4 nitrogen and oxygen atoms in total. The van der Waals surface area contributed by atoms with Gasteiger partial charge in [0, 0.05) is 19.2 Å². The van der Waals surface area contributed by atoms with E-state index in [0.717, 1.165) is 25.3 Å². The van der Waals surface area contributed by atoms with Crippen molar-refractivity contribution >= 4 is 0 Å². The number of nitrogens with one attached hydrogen (secondary N) is 1. The molecule has 0 radical (unpaired) electrons. The summed E-state index contributed by atoms with van der Waals surface area (Å²) >= 11 is 0. The number of nitrogens with zero attached hydrogens (tertiary/aromatic N) is 2. The lowest BCUT2D eigenvalue weighted by Crippen LogP contribution is -2.28. The van der Waals surface area contributed by atoms with Crippen LogP contribution in [0.4, 0.5) is 4.39 Å². The van der Waals surface area contributed by atoms with Crippen LogP contribution in [0, 0.1) is 5.82 Å². The quantitative estimate of drug-likeness (QED) is 0.937. The van der Waals surface area contributed by atoms with Crippen LogP contribution in [-0.4, -0.2) is 16.3 Å². The van der Waals surface area contributed by atoms with Crippen molar-refractivity contribution < 1.29 is 9.13 Å². The molecule has 0 unspecified atom stereocenters. The molecule has 3 rings (SSSR count). The SMILES string of the molecule is CC.Fc1cccc(OCc2cc3n(n2)CCNC3)c1. The molecule has 1 aliphatic heterocycles. The van der Waals surface area contributed by atoms with Crippen LogP contribution < -0.4 is 10.1 Å². The fourth-order valence-corrected chi connectivity index (χ4v) is 2.04. The minimum absolute atomic E-state index is 0.291. The highest BCUT2D eigenvalue weighted by atomic mass is 19.1. The van der Waals surface area contributed by atoms with Gasteiger partial charge in [0.15, 0.2) is 0 Å². The van der Waals surface area contributed by atoms with Gasteiger partial charge >= 0.3 is 0 Å². The maximum atomic E-state index is 13.0. The van der Waals surface area contributed by atoms with Gasteiger partial charge in [0.05, 0.1) is 12.2 Å². The van der Waals surface area contributed by atoms with Gasteiger partial charge in [0.1, 0.15) is 23.9 Å². The van der Waals surface area contributed by atoms with Crippen LogP contribution in [-0.2, 0) is 19.7 Å². The Balaban J connectivity index is 0.000000704. The molecule has 0 fully saturated rings. The zero-order valence-corrected chi connectivity index (χ0v) is 11.9. The largest absolute Gasteiger partial charge is 0.487 e. The summed E-state index contributed by atoms with van der Waals surface area (Å²) in [4.78, 5) is 0. The van der Waals surface area contributed by atoms with Crippen LogP contribution in [0.15, 0.2) is 30.3 Å². The molecule has 1 aromatic heterocycles. The molecular formula is C15H20FN3O. The molecule has 0 aliphatic carbocycles. The van der Waals surface area contributed by atoms with E-state index in [9.17, 15) is 4.39 Å². The Morgan fingerprint density at radius 2 is 2.20 bits per heavy atom. The number of aromatic nitrogens is 2. The van der Waals surface area contributed by atoms with Gasteiger partial charge in [-0.1, -0.05) is 19.9 Å². The predicted octanol–water partition coefficient (Wildman–Crippen LogP) is 2.73. The Morgan fingerprint density at radius 3 is 2.95 bits per heavy atom. The first-order valence-electron chi connectivity index (χ1n) is 6.96. The number of hydrogen-bond donors (Lipinski definition) is 1. The topological polar surface area (TPSA) is 39.1 Å². The molecule has 0 spiro atoms. The van der Waals surface area contributed by atoms with E-state index in [-0.39, 0.29) is 5.82 Å². The molecule has 1 aromatic carbocycles. The second-order valence-corrected chi connectivity index (χ2v) is 4.27. The summed E-state index contributed by atoms with van der Waals surface area (Å²) < 4.78 is 20.5. The lowest BCUT2D eigenvalue weighted by molar-refractivity contribution is 0.297. The smallest absolute Gasteiger partial charge is 0.132 e. The van der Waals surface area contributed by atoms with Crippen LogP contribution in [0.3, 0.4) is 0 Å². The Kier molecular flexibility index (Phi) is 5.12. The number of benzene rings is 1. The van der Waals surface area contributed by atoms with Gasteiger partial charge in [-0.05, 0) is 18.2 Å². The number of hydrogen-bond acceptors (Lipinski definition) is 3. The maximum Gasteiger partial charge on any atom is 0.132 e. The molecule has 5 heteroatoms. The molecule has 0 atom stereocenters. The highest BCUT2D eigenvalue weighted by Gasteiger charge is 2.11. The third-order valence-corrected chi connectivity index (χ3v) is 2.90. The summed E-state index contributed by atoms with van der Waals surface area (Å²) in [7, 11) is 0. The van der Waals surface area contributed by atoms with Gasteiger partial charge in [0.25, 0.3) is 0 Å². The molecule has 20 heavy (non-hydrogen) atoms. The summed E-state index contributed by atoms with van der Waals surface area (Å²) in [6, 6.07) is 8.16. The van der Waals surface area contributed by atoms with E-state index in [1.54, 1.807) is 12.1 Å². The van der Waals surface area contributed by atoms with Crippen LogP contribution in [0.5, 0.6) is 5.75 Å². The fourth-order valence-electron chi connectivity index (χ4n) is 2.04. The summed E-state index contributed by atoms with van der Waals surface area (Å²) in [5.74, 6) is 0.236. The van der Waals surface area contributed by atoms with Crippen molar-refractivity contribution in [2.24, 2.45) is 0 Å². The predicted molar refractivity (Wildman–Crippen MR) is 76.0 cm³/mol. The number of rotatable bonds is 3. The molecular weight excluding hydrogens is 257 g/mol. The molecule has 1 N–H and O–H groups in total. The zero-order valence-electron chi connectivity index (χ0n) is 11.9. The maximum absolute atomic E-state index is 13.0. The Morgan fingerprint density at radius 1 is 1.35 bits per heavy atom. The van der Waals surface area contributed by atoms with E-state index < -0.39 is 0 Å². The van der Waals surface area contributed by atoms with Crippen LogP contribution >= 0.6 is 0 Å². The molecule has 0 amide bonds. The molecule has 0 saturated heterocycles. The number of ether oxygens (including phenoxy) is 1. The average Bonchev–Trinajstić information content (AvgIpc) is 2.90. The highest BCUT2D eigenvalue weighted by Crippen LogP contribution is 2.15. The Labute approximate surface area is 118 Å². The van der Waals surface area contributed by atoms with E-state index in [0.29, 0.717) is 12.4 Å². The van der Waals surface area contributed by atoms with Gasteiger partial charge in [-0.3, -0.25) is 4.68 Å². The average molecular weight is 277 g/mol. The Hall–Kier alpha value is -1.88. The first kappa shape index (κ1) is 14.5. The molecule has 2 heterocycles. The van der Waals surface area contributed by atoms with Crippen molar-refractivity contribution in [2.45, 2.75) is 33.5 Å². The van der Waals surface area contributed by atoms with Crippen molar-refractivity contribution in [1.82, 2.24) is 15.1 Å². The number of halogens is 1. The van der Waals surface area contributed by atoms with Gasteiger partial charge < -0.3 is 10.1 Å². The first-order chi connectivity index (χ1) is 9.81. The molecule has 1 aliphatic rings. The van der Waals surface area contributed by atoms with Gasteiger partial charge in [-0.2, -0.15) is 5.10 Å². The molecule has 0 bridgehead atoms. The van der Waals surface area contributed by atoms with Gasteiger partial charge in [0.2, 0.25) is 0 Å². The van der Waals surface area contributed by atoms with Crippen molar-refractivity contribution in [3.05, 3.63) is 47.5 Å². The minimum Gasteiger partial charge on any atom is -0.487 e. The molecule has 108 valence electrons. The van der Waals surface area contributed by atoms with Crippen LogP contribution in [0.25, 0.3) is 0 Å². The van der Waals surface area contributed by atoms with E-state index in [2.05, 4.69) is 10.4 Å². The normalized spacial score (nSPS) is 13.2. The van der Waals surface area contributed by atoms with E-state index >= 15 is 0 Å². The third kappa shape index (κ3) is 3.57. The van der Waals surface area contributed by atoms with Crippen LogP contribution in [0.1, 0.15) is 25.2 Å². The lowest BCUT2D eigenvalue weighted by Gasteiger charge is -2.13. The van der Waals surface area contributed by atoms with Crippen molar-refractivity contribution in [2.75, 3.05) is 6.54 Å². The Bertz CT molecular complexity index is 530. The fraction of sp³-hybridized carbons (Fsp3) is 0.400. The van der Waals surface area contributed by atoms with Crippen LogP contribution in [0.2, 0.25) is 0 Å². The van der Waals surface area contributed by atoms with Crippen molar-refractivity contribution in [3.63, 3.8) is 0 Å². The molecule has 0 saturated carbocycles. The summed E-state index contributed by atoms with van der Waals surface area (Å²) in [6.45, 7) is 7.03. The summed E-state index contributed by atoms with van der Waals surface area (Å²) in [5, 5.41) is 7.73. The zero-order chi connectivity index (χ0) is 14.4. The van der Waals surface area contributed by atoms with Crippen molar-refractivity contribution in [1.29, 1.82) is 0 Å². The summed E-state index contributed by atoms with van der Waals surface area (Å²) in [6.07, 6.45) is 0. The minimum atomic E-state index is -0.291. The third-order valence-electron chi connectivity index (χ3n) is 2.90. The monoisotopic (exact) mass is 277 g/mol. The van der Waals surface area contributed by atoms with E-state index in [4.69, 9.17) is 4.74 Å². The molecule has 2 aromatic rings. The highest BCUT2D eigenvalue weighted by molar-refractivity contribution is 5.23. The standard InChI is InChI=1S/C13H14FN3O.C2H6/c14-10-2-1-3-13(6-10)18-9-11-7-12-8-15-4-5-17(12)16-11;1-2/h1-3,6-7,15H,4-5,8-9H2;1-2H3. The second kappa shape index (κ2) is 7.05. The van der Waals surface area contributed by atoms with Gasteiger partial charge in [-0.15, -0.1) is 0 Å². The first-order valence-corrected chi connectivity index (χ1v) is 6.96. The van der Waals surface area contributed by atoms with Gasteiger partial charge in [-0.25, -0.2) is 4.39 Å². The van der Waals surface area contributed by atoms with E-state index in [1.165, 1.54) is 17.8 Å².